The zero-order valence-electron chi connectivity index (χ0n) is 14.9. The number of hydrogen-bond donors (Lipinski definition) is 1. The molecule has 4 aromatic rings. The summed E-state index contributed by atoms with van der Waals surface area (Å²) < 4.78 is 8.12. The van der Waals surface area contributed by atoms with Gasteiger partial charge in [0.05, 0.1) is 23.0 Å². The molecule has 7 nitrogen and oxygen atoms in total. The molecule has 4 rings (SSSR count). The minimum Gasteiger partial charge on any atom is -0.497 e. The molecule has 0 spiro atoms. The van der Waals surface area contributed by atoms with E-state index in [9.17, 15) is 0 Å². The minimum atomic E-state index is 0.548. The third kappa shape index (κ3) is 3.11. The third-order valence-electron chi connectivity index (χ3n) is 3.82. The van der Waals surface area contributed by atoms with Gasteiger partial charge >= 0.3 is 0 Å². The van der Waals surface area contributed by atoms with Crippen molar-refractivity contribution in [1.82, 2.24) is 24.7 Å². The summed E-state index contributed by atoms with van der Waals surface area (Å²) in [4.78, 5) is 13.6. The highest BCUT2D eigenvalue weighted by molar-refractivity contribution is 7.20. The topological polar surface area (TPSA) is 77.8 Å². The average molecular weight is 366 g/mol. The maximum atomic E-state index is 5.29. The molecule has 1 aromatic carbocycles. The lowest BCUT2D eigenvalue weighted by Gasteiger charge is -2.07. The quantitative estimate of drug-likeness (QED) is 0.589. The number of rotatable bonds is 4. The second-order valence-corrected chi connectivity index (χ2v) is 7.02. The third-order valence-corrected chi connectivity index (χ3v) is 4.81. The zero-order chi connectivity index (χ0) is 18.3. The van der Waals surface area contributed by atoms with E-state index in [-0.39, 0.29) is 0 Å². The van der Waals surface area contributed by atoms with Crippen LogP contribution in [0.4, 0.5) is 11.8 Å². The Morgan fingerprint density at radius 1 is 0.962 bits per heavy atom. The van der Waals surface area contributed by atoms with Crippen LogP contribution in [0.1, 0.15) is 17.1 Å². The van der Waals surface area contributed by atoms with Crippen molar-refractivity contribution < 1.29 is 4.74 Å². The van der Waals surface area contributed by atoms with Crippen LogP contribution in [0.2, 0.25) is 0 Å². The maximum Gasteiger partial charge on any atom is 0.228 e. The van der Waals surface area contributed by atoms with E-state index in [2.05, 4.69) is 20.4 Å². The highest BCUT2D eigenvalue weighted by Gasteiger charge is 2.14. The molecular weight excluding hydrogens is 348 g/mol. The number of ether oxygens (including phenoxy) is 1. The number of fused-ring (bicyclic) bond motifs is 1. The zero-order valence-corrected chi connectivity index (χ0v) is 15.8. The van der Waals surface area contributed by atoms with E-state index >= 15 is 0 Å². The molecule has 3 heterocycles. The van der Waals surface area contributed by atoms with Crippen LogP contribution in [0, 0.1) is 20.8 Å². The first-order valence-corrected chi connectivity index (χ1v) is 8.94. The summed E-state index contributed by atoms with van der Waals surface area (Å²) in [7, 11) is 1.66. The summed E-state index contributed by atoms with van der Waals surface area (Å²) in [5.41, 5.74) is 3.62. The number of thiazole rings is 1. The van der Waals surface area contributed by atoms with Gasteiger partial charge in [-0.3, -0.25) is 0 Å². The van der Waals surface area contributed by atoms with Gasteiger partial charge < -0.3 is 10.1 Å². The van der Waals surface area contributed by atoms with E-state index in [1.54, 1.807) is 23.1 Å². The smallest absolute Gasteiger partial charge is 0.228 e. The highest BCUT2D eigenvalue weighted by atomic mass is 32.1. The normalized spacial score (nSPS) is 11.1. The second-order valence-electron chi connectivity index (χ2n) is 6.01. The first kappa shape index (κ1) is 16.5. The van der Waals surface area contributed by atoms with E-state index in [4.69, 9.17) is 9.72 Å². The molecule has 8 heteroatoms. The molecule has 0 fully saturated rings. The molecule has 0 amide bonds. The fourth-order valence-corrected chi connectivity index (χ4v) is 3.70. The summed E-state index contributed by atoms with van der Waals surface area (Å²) in [6, 6.07) is 9.72. The lowest BCUT2D eigenvalue weighted by Crippen LogP contribution is -2.05. The summed E-state index contributed by atoms with van der Waals surface area (Å²) in [5.74, 6) is 2.14. The Balaban J connectivity index is 1.75. The predicted molar refractivity (Wildman–Crippen MR) is 103 cm³/mol. The fourth-order valence-electron chi connectivity index (χ4n) is 2.74. The van der Waals surface area contributed by atoms with Gasteiger partial charge in [-0.05, 0) is 45.0 Å². The van der Waals surface area contributed by atoms with Crippen molar-refractivity contribution >= 4 is 33.3 Å². The molecule has 0 atom stereocenters. The first-order chi connectivity index (χ1) is 12.5. The lowest BCUT2D eigenvalue weighted by molar-refractivity contribution is 0.415. The van der Waals surface area contributed by atoms with Gasteiger partial charge in [0.15, 0.2) is 0 Å². The molecule has 0 saturated carbocycles. The molecule has 0 aliphatic rings. The predicted octanol–water partition coefficient (Wildman–Crippen LogP) is 3.95. The van der Waals surface area contributed by atoms with Crippen molar-refractivity contribution in [2.75, 3.05) is 12.4 Å². The van der Waals surface area contributed by atoms with Crippen LogP contribution in [-0.4, -0.2) is 31.8 Å². The molecule has 0 bridgehead atoms. The summed E-state index contributed by atoms with van der Waals surface area (Å²) in [6.45, 7) is 5.84. The molecule has 0 unspecified atom stereocenters. The van der Waals surface area contributed by atoms with Gasteiger partial charge in [0.25, 0.3) is 0 Å². The Hall–Kier alpha value is -3.00. The number of hydrogen-bond acceptors (Lipinski definition) is 7. The molecule has 0 saturated heterocycles. The van der Waals surface area contributed by atoms with E-state index in [1.165, 1.54) is 0 Å². The molecule has 0 radical (unpaired) electrons. The average Bonchev–Trinajstić information content (AvgIpc) is 3.16. The van der Waals surface area contributed by atoms with Gasteiger partial charge in [-0.25, -0.2) is 15.0 Å². The van der Waals surface area contributed by atoms with Gasteiger partial charge in [-0.15, -0.1) is 0 Å². The Kier molecular flexibility index (Phi) is 4.04. The molecule has 0 aliphatic carbocycles. The van der Waals surface area contributed by atoms with Crippen LogP contribution < -0.4 is 10.1 Å². The molecule has 1 N–H and O–H groups in total. The largest absolute Gasteiger partial charge is 0.497 e. The van der Waals surface area contributed by atoms with Crippen molar-refractivity contribution in [3.05, 3.63) is 47.4 Å². The Morgan fingerprint density at radius 2 is 1.73 bits per heavy atom. The number of aryl methyl sites for hydroxylation is 3. The standard InChI is InChI=1S/C18H18N6OS/c1-10-7-11(2)20-17(19-10)22-16-8-12(3)23-24(16)18-21-14-6-5-13(25-4)9-15(14)26-18/h5-9H,1-4H3,(H,19,20,22). The Morgan fingerprint density at radius 3 is 2.46 bits per heavy atom. The summed E-state index contributed by atoms with van der Waals surface area (Å²) in [6.07, 6.45) is 0. The second kappa shape index (κ2) is 6.38. The fraction of sp³-hybridized carbons (Fsp3) is 0.222. The molecule has 132 valence electrons. The molecular formula is C18H18N6OS. The monoisotopic (exact) mass is 366 g/mol. The van der Waals surface area contributed by atoms with Crippen LogP contribution in [0.15, 0.2) is 30.3 Å². The van der Waals surface area contributed by atoms with Crippen LogP contribution >= 0.6 is 11.3 Å². The Bertz CT molecular complexity index is 1080. The molecule has 3 aromatic heterocycles. The van der Waals surface area contributed by atoms with E-state index in [0.29, 0.717) is 5.95 Å². The van der Waals surface area contributed by atoms with Gasteiger partial charge in [0.1, 0.15) is 11.6 Å². The van der Waals surface area contributed by atoms with Crippen molar-refractivity contribution in [2.45, 2.75) is 20.8 Å². The van der Waals surface area contributed by atoms with E-state index < -0.39 is 0 Å². The van der Waals surface area contributed by atoms with Gasteiger partial charge in [0, 0.05) is 17.5 Å². The molecule has 26 heavy (non-hydrogen) atoms. The van der Waals surface area contributed by atoms with Crippen LogP contribution in [0.25, 0.3) is 15.3 Å². The van der Waals surface area contributed by atoms with Gasteiger partial charge in [0.2, 0.25) is 11.1 Å². The van der Waals surface area contributed by atoms with Gasteiger partial charge in [-0.1, -0.05) is 11.3 Å². The van der Waals surface area contributed by atoms with Crippen LogP contribution in [0.3, 0.4) is 0 Å². The van der Waals surface area contributed by atoms with Crippen LogP contribution in [0.5, 0.6) is 5.75 Å². The van der Waals surface area contributed by atoms with E-state index in [1.807, 2.05) is 51.1 Å². The molecule has 0 aliphatic heterocycles. The Labute approximate surface area is 154 Å². The lowest BCUT2D eigenvalue weighted by atomic mass is 10.3. The summed E-state index contributed by atoms with van der Waals surface area (Å²) in [5, 5.41) is 8.61. The van der Waals surface area contributed by atoms with Crippen LogP contribution in [-0.2, 0) is 0 Å². The number of benzene rings is 1. The SMILES string of the molecule is COc1ccc2nc(-n3nc(C)cc3Nc3nc(C)cc(C)n3)sc2c1. The van der Waals surface area contributed by atoms with Crippen molar-refractivity contribution in [3.8, 4) is 10.9 Å². The van der Waals surface area contributed by atoms with Crippen molar-refractivity contribution in [3.63, 3.8) is 0 Å². The number of nitrogens with one attached hydrogen (secondary N) is 1. The maximum absolute atomic E-state index is 5.29. The number of anilines is 2. The van der Waals surface area contributed by atoms with E-state index in [0.717, 1.165) is 44.0 Å². The van der Waals surface area contributed by atoms with Gasteiger partial charge in [-0.2, -0.15) is 9.78 Å². The number of methoxy groups -OCH3 is 1. The summed E-state index contributed by atoms with van der Waals surface area (Å²) >= 11 is 1.55. The van der Waals surface area contributed by atoms with Crippen molar-refractivity contribution in [2.24, 2.45) is 0 Å². The highest BCUT2D eigenvalue weighted by Crippen LogP contribution is 2.30. The van der Waals surface area contributed by atoms with Crippen molar-refractivity contribution in [1.29, 1.82) is 0 Å². The minimum absolute atomic E-state index is 0.548. The number of nitrogens with zero attached hydrogens (tertiary/aromatic N) is 5. The number of aromatic nitrogens is 5. The first-order valence-electron chi connectivity index (χ1n) is 8.13.